The minimum atomic E-state index is -3.94. The van der Waals surface area contributed by atoms with E-state index in [1.165, 1.54) is 6.20 Å². The van der Waals surface area contributed by atoms with Crippen molar-refractivity contribution in [1.29, 1.82) is 0 Å². The molecule has 1 fully saturated rings. The van der Waals surface area contributed by atoms with Gasteiger partial charge in [0.15, 0.2) is 9.84 Å². The molecule has 2 heterocycles. The Morgan fingerprint density at radius 1 is 1.06 bits per heavy atom. The molecule has 0 saturated carbocycles. The number of aryl methyl sites for hydroxylation is 2. The van der Waals surface area contributed by atoms with Crippen LogP contribution in [0.1, 0.15) is 11.1 Å². The van der Waals surface area contributed by atoms with Gasteiger partial charge in [-0.3, -0.25) is 9.59 Å². The van der Waals surface area contributed by atoms with Crippen molar-refractivity contribution in [3.63, 3.8) is 0 Å². The van der Waals surface area contributed by atoms with E-state index in [0.29, 0.717) is 42.9 Å². The molecule has 0 unspecified atom stereocenters. The van der Waals surface area contributed by atoms with Crippen molar-refractivity contribution in [2.75, 3.05) is 37.4 Å². The smallest absolute Gasteiger partial charge is 0.242 e. The lowest BCUT2D eigenvalue weighted by atomic mass is 10.1. The Labute approximate surface area is 193 Å². The molecule has 0 radical (unpaired) electrons. The number of sulfone groups is 1. The maximum absolute atomic E-state index is 13.2. The number of nitrogens with zero attached hydrogens (tertiary/aromatic N) is 2. The van der Waals surface area contributed by atoms with Crippen LogP contribution in [0.25, 0.3) is 10.9 Å². The van der Waals surface area contributed by atoms with Gasteiger partial charge in [-0.1, -0.05) is 35.9 Å². The molecule has 0 atom stereocenters. The predicted octanol–water partition coefficient (Wildman–Crippen LogP) is 2.53. The van der Waals surface area contributed by atoms with Crippen molar-refractivity contribution in [2.24, 2.45) is 0 Å². The van der Waals surface area contributed by atoms with Gasteiger partial charge in [-0.05, 0) is 31.5 Å². The van der Waals surface area contributed by atoms with E-state index in [2.05, 4.69) is 5.32 Å². The van der Waals surface area contributed by atoms with E-state index < -0.39 is 21.5 Å². The third-order valence-corrected chi connectivity index (χ3v) is 7.37. The fraction of sp³-hybridized carbons (Fsp3) is 0.333. The molecular formula is C24H27N3O5S. The van der Waals surface area contributed by atoms with Crippen molar-refractivity contribution in [3.05, 3.63) is 59.8 Å². The number of hydrogen-bond donors (Lipinski definition) is 1. The average Bonchev–Trinajstić information content (AvgIpc) is 3.15. The minimum Gasteiger partial charge on any atom is -0.378 e. The molecule has 0 bridgehead atoms. The highest BCUT2D eigenvalue weighted by molar-refractivity contribution is 7.92. The van der Waals surface area contributed by atoms with Crippen LogP contribution in [0.2, 0.25) is 0 Å². The Morgan fingerprint density at radius 3 is 2.52 bits per heavy atom. The van der Waals surface area contributed by atoms with Gasteiger partial charge in [-0.2, -0.15) is 0 Å². The number of benzene rings is 2. The van der Waals surface area contributed by atoms with Crippen LogP contribution in [0.15, 0.2) is 53.6 Å². The standard InChI is InChI=1S/C24H27N3O5S/c1-17-7-8-20(18(2)13-17)25-23(28)16-33(30,31)22-14-27(21-6-4-3-5-19(21)22)15-24(29)26-9-11-32-12-10-26/h3-8,13-14H,9-12,15-16H2,1-2H3,(H,25,28). The largest absolute Gasteiger partial charge is 0.378 e. The summed E-state index contributed by atoms with van der Waals surface area (Å²) in [6.45, 7) is 5.84. The fourth-order valence-corrected chi connectivity index (χ4v) is 5.41. The van der Waals surface area contributed by atoms with E-state index in [0.717, 1.165) is 11.1 Å². The molecule has 2 aromatic carbocycles. The number of morpholine rings is 1. The van der Waals surface area contributed by atoms with Gasteiger partial charge in [0.2, 0.25) is 11.8 Å². The molecule has 4 rings (SSSR count). The zero-order chi connectivity index (χ0) is 23.6. The van der Waals surface area contributed by atoms with Crippen LogP contribution < -0.4 is 5.32 Å². The fourth-order valence-electron chi connectivity index (χ4n) is 4.04. The number of para-hydroxylation sites is 1. The molecule has 9 heteroatoms. The van der Waals surface area contributed by atoms with Gasteiger partial charge in [-0.25, -0.2) is 8.42 Å². The van der Waals surface area contributed by atoms with Gasteiger partial charge in [-0.15, -0.1) is 0 Å². The van der Waals surface area contributed by atoms with E-state index in [9.17, 15) is 18.0 Å². The second-order valence-electron chi connectivity index (χ2n) is 8.26. The molecule has 1 saturated heterocycles. The number of carbonyl (C=O) groups is 2. The SMILES string of the molecule is Cc1ccc(NC(=O)CS(=O)(=O)c2cn(CC(=O)N3CCOCC3)c3ccccc23)c(C)c1. The van der Waals surface area contributed by atoms with E-state index in [1.807, 2.05) is 26.0 Å². The third kappa shape index (κ3) is 5.09. The van der Waals surface area contributed by atoms with Gasteiger partial charge >= 0.3 is 0 Å². The summed E-state index contributed by atoms with van der Waals surface area (Å²) in [7, 11) is -3.94. The lowest BCUT2D eigenvalue weighted by molar-refractivity contribution is -0.135. The minimum absolute atomic E-state index is 0.0186. The van der Waals surface area contributed by atoms with Gasteiger partial charge in [0.25, 0.3) is 0 Å². The van der Waals surface area contributed by atoms with Crippen molar-refractivity contribution in [3.8, 4) is 0 Å². The van der Waals surface area contributed by atoms with Crippen LogP contribution in [0.3, 0.4) is 0 Å². The number of aromatic nitrogens is 1. The van der Waals surface area contributed by atoms with Gasteiger partial charge in [0.1, 0.15) is 12.3 Å². The third-order valence-electron chi connectivity index (χ3n) is 5.73. The highest BCUT2D eigenvalue weighted by atomic mass is 32.2. The molecule has 1 aliphatic rings. The summed E-state index contributed by atoms with van der Waals surface area (Å²) in [6, 6.07) is 12.5. The number of ether oxygens (including phenoxy) is 1. The average molecular weight is 470 g/mol. The molecule has 0 spiro atoms. The Kier molecular flexibility index (Phi) is 6.53. The zero-order valence-electron chi connectivity index (χ0n) is 18.7. The zero-order valence-corrected chi connectivity index (χ0v) is 19.5. The van der Waals surface area contributed by atoms with Gasteiger partial charge in [0.05, 0.1) is 18.1 Å². The van der Waals surface area contributed by atoms with Gasteiger partial charge < -0.3 is 19.5 Å². The van der Waals surface area contributed by atoms with Crippen molar-refractivity contribution in [1.82, 2.24) is 9.47 Å². The molecule has 174 valence electrons. The molecule has 1 aliphatic heterocycles. The summed E-state index contributed by atoms with van der Waals surface area (Å²) in [4.78, 5) is 27.1. The molecule has 0 aliphatic carbocycles. The van der Waals surface area contributed by atoms with E-state index in [4.69, 9.17) is 4.74 Å². The second-order valence-corrected chi connectivity index (χ2v) is 10.2. The van der Waals surface area contributed by atoms with E-state index in [1.54, 1.807) is 39.8 Å². The molecule has 3 aromatic rings. The van der Waals surface area contributed by atoms with Crippen molar-refractivity contribution in [2.45, 2.75) is 25.3 Å². The monoisotopic (exact) mass is 469 g/mol. The number of anilines is 1. The maximum atomic E-state index is 13.2. The van der Waals surface area contributed by atoms with Crippen LogP contribution >= 0.6 is 0 Å². The summed E-state index contributed by atoms with van der Waals surface area (Å²) in [6.07, 6.45) is 1.46. The lowest BCUT2D eigenvalue weighted by Gasteiger charge is -2.27. The van der Waals surface area contributed by atoms with Crippen LogP contribution in [0, 0.1) is 13.8 Å². The number of carbonyl (C=O) groups excluding carboxylic acids is 2. The lowest BCUT2D eigenvalue weighted by Crippen LogP contribution is -2.42. The van der Waals surface area contributed by atoms with Crippen molar-refractivity contribution >= 4 is 38.2 Å². The number of nitrogens with one attached hydrogen (secondary N) is 1. The predicted molar refractivity (Wildman–Crippen MR) is 126 cm³/mol. The number of fused-ring (bicyclic) bond motifs is 1. The van der Waals surface area contributed by atoms with Crippen LogP contribution in [-0.2, 0) is 30.7 Å². The first-order valence-electron chi connectivity index (χ1n) is 10.8. The summed E-state index contributed by atoms with van der Waals surface area (Å²) in [5.41, 5.74) is 3.13. The molecule has 8 nitrogen and oxygen atoms in total. The van der Waals surface area contributed by atoms with Crippen LogP contribution in [-0.4, -0.2) is 61.8 Å². The highest BCUT2D eigenvalue weighted by Crippen LogP contribution is 2.27. The number of rotatable bonds is 6. The quantitative estimate of drug-likeness (QED) is 0.598. The summed E-state index contributed by atoms with van der Waals surface area (Å²) in [5, 5.41) is 3.19. The first-order valence-corrected chi connectivity index (χ1v) is 12.4. The second kappa shape index (κ2) is 9.36. The maximum Gasteiger partial charge on any atom is 0.242 e. The Bertz CT molecular complexity index is 1310. The summed E-state index contributed by atoms with van der Waals surface area (Å²) in [5.74, 6) is -1.40. The van der Waals surface area contributed by atoms with E-state index >= 15 is 0 Å². The molecule has 2 amide bonds. The van der Waals surface area contributed by atoms with Crippen molar-refractivity contribution < 1.29 is 22.7 Å². The normalized spacial score (nSPS) is 14.4. The first-order chi connectivity index (χ1) is 15.7. The molecule has 1 N–H and O–H groups in total. The topological polar surface area (TPSA) is 97.7 Å². The number of hydrogen-bond acceptors (Lipinski definition) is 5. The van der Waals surface area contributed by atoms with Crippen LogP contribution in [0.5, 0.6) is 0 Å². The highest BCUT2D eigenvalue weighted by Gasteiger charge is 2.26. The molecule has 33 heavy (non-hydrogen) atoms. The van der Waals surface area contributed by atoms with Crippen LogP contribution in [0.4, 0.5) is 5.69 Å². The Hall–Kier alpha value is -3.17. The first kappa shape index (κ1) is 23.0. The Balaban J connectivity index is 1.57. The van der Waals surface area contributed by atoms with Gasteiger partial charge in [0, 0.05) is 35.9 Å². The number of amides is 2. The molecular weight excluding hydrogens is 442 g/mol. The summed E-state index contributed by atoms with van der Waals surface area (Å²) >= 11 is 0. The molecule has 1 aromatic heterocycles. The van der Waals surface area contributed by atoms with E-state index in [-0.39, 0.29) is 17.3 Å². The Morgan fingerprint density at radius 2 is 1.79 bits per heavy atom. The summed E-state index contributed by atoms with van der Waals surface area (Å²) < 4.78 is 33.3.